The first-order chi connectivity index (χ1) is 11.4. The van der Waals surface area contributed by atoms with Gasteiger partial charge in [0.05, 0.1) is 5.56 Å². The van der Waals surface area contributed by atoms with Gasteiger partial charge < -0.3 is 4.90 Å². The monoisotopic (exact) mass is 353 g/mol. The fraction of sp³-hybridized carbons (Fsp3) is 0.389. The number of benzene rings is 1. The van der Waals surface area contributed by atoms with Crippen LogP contribution in [0.5, 0.6) is 0 Å². The minimum Gasteiger partial charge on any atom is -0.335 e. The molecule has 0 unspecified atom stereocenters. The number of nitrogens with zero attached hydrogens (tertiary/aromatic N) is 1. The molecule has 1 aliphatic carbocycles. The summed E-state index contributed by atoms with van der Waals surface area (Å²) in [7, 11) is 0. The number of alkyl halides is 3. The third kappa shape index (κ3) is 4.38. The first kappa shape index (κ1) is 17.0. The molecule has 0 spiro atoms. The van der Waals surface area contributed by atoms with Crippen LogP contribution < -0.4 is 0 Å². The summed E-state index contributed by atoms with van der Waals surface area (Å²) in [5.74, 6) is 0.0748. The van der Waals surface area contributed by atoms with Gasteiger partial charge in [0.25, 0.3) is 0 Å². The lowest BCUT2D eigenvalue weighted by Gasteiger charge is -2.23. The molecule has 0 bridgehead atoms. The molecule has 0 atom stereocenters. The van der Waals surface area contributed by atoms with Gasteiger partial charge in [0.2, 0.25) is 5.91 Å². The second-order valence-corrected chi connectivity index (χ2v) is 7.06. The summed E-state index contributed by atoms with van der Waals surface area (Å²) in [6.45, 7) is 0.381. The predicted octanol–water partition coefficient (Wildman–Crippen LogP) is 4.89. The summed E-state index contributed by atoms with van der Waals surface area (Å²) in [5.41, 5.74) is 0.0765. The number of thiophene rings is 1. The van der Waals surface area contributed by atoms with Crippen LogP contribution in [-0.4, -0.2) is 16.8 Å². The van der Waals surface area contributed by atoms with Crippen LogP contribution in [0.2, 0.25) is 0 Å². The van der Waals surface area contributed by atoms with Gasteiger partial charge >= 0.3 is 6.18 Å². The quantitative estimate of drug-likeness (QED) is 0.724. The largest absolute Gasteiger partial charge is 0.416 e. The van der Waals surface area contributed by atoms with E-state index in [2.05, 4.69) is 0 Å². The van der Waals surface area contributed by atoms with Crippen LogP contribution in [0.1, 0.15) is 35.3 Å². The average molecular weight is 353 g/mol. The number of rotatable bonds is 6. The minimum absolute atomic E-state index is 0.0748. The van der Waals surface area contributed by atoms with Crippen molar-refractivity contribution in [3.8, 4) is 0 Å². The van der Waals surface area contributed by atoms with E-state index in [0.717, 1.165) is 30.5 Å². The first-order valence-corrected chi connectivity index (χ1v) is 8.79. The Morgan fingerprint density at radius 2 is 1.88 bits per heavy atom. The van der Waals surface area contributed by atoms with Crippen LogP contribution in [0.15, 0.2) is 41.8 Å². The molecule has 6 heteroatoms. The Hall–Kier alpha value is -1.82. The Bertz CT molecular complexity index is 675. The molecule has 2 nitrogen and oxygen atoms in total. The highest BCUT2D eigenvalue weighted by molar-refractivity contribution is 7.09. The van der Waals surface area contributed by atoms with Crippen molar-refractivity contribution in [1.82, 2.24) is 4.90 Å². The molecule has 3 rings (SSSR count). The molecule has 1 fully saturated rings. The highest BCUT2D eigenvalue weighted by atomic mass is 32.1. The maximum absolute atomic E-state index is 12.6. The smallest absolute Gasteiger partial charge is 0.335 e. The second kappa shape index (κ2) is 6.97. The number of amides is 1. The van der Waals surface area contributed by atoms with Gasteiger partial charge in [-0.1, -0.05) is 18.2 Å². The molecule has 0 aliphatic heterocycles. The highest BCUT2D eigenvalue weighted by Crippen LogP contribution is 2.31. The molecule has 1 aromatic carbocycles. The molecule has 1 aliphatic rings. The maximum atomic E-state index is 12.6. The van der Waals surface area contributed by atoms with Gasteiger partial charge in [-0.05, 0) is 48.4 Å². The predicted molar refractivity (Wildman–Crippen MR) is 87.7 cm³/mol. The van der Waals surface area contributed by atoms with Crippen molar-refractivity contribution in [3.63, 3.8) is 0 Å². The van der Waals surface area contributed by atoms with Crippen LogP contribution in [0.4, 0.5) is 13.2 Å². The van der Waals surface area contributed by atoms with Crippen LogP contribution in [0.25, 0.3) is 0 Å². The summed E-state index contributed by atoms with van der Waals surface area (Å²) in [6.07, 6.45) is -1.22. The number of hydrogen-bond acceptors (Lipinski definition) is 2. The molecule has 0 saturated heterocycles. The summed E-state index contributed by atoms with van der Waals surface area (Å²) in [5, 5.41) is 1.99. The van der Waals surface area contributed by atoms with Gasteiger partial charge in [-0.15, -0.1) is 11.3 Å². The van der Waals surface area contributed by atoms with Crippen molar-refractivity contribution >= 4 is 17.2 Å². The normalized spacial score (nSPS) is 14.6. The van der Waals surface area contributed by atoms with Gasteiger partial charge in [-0.2, -0.15) is 13.2 Å². The zero-order chi connectivity index (χ0) is 17.2. The summed E-state index contributed by atoms with van der Waals surface area (Å²) >= 11 is 1.63. The second-order valence-electron chi connectivity index (χ2n) is 6.03. The van der Waals surface area contributed by atoms with Crippen LogP contribution in [0.3, 0.4) is 0 Å². The van der Waals surface area contributed by atoms with E-state index in [1.165, 1.54) is 17.0 Å². The molecule has 1 heterocycles. The van der Waals surface area contributed by atoms with E-state index in [9.17, 15) is 18.0 Å². The van der Waals surface area contributed by atoms with Crippen molar-refractivity contribution in [1.29, 1.82) is 0 Å². The molecule has 1 saturated carbocycles. The van der Waals surface area contributed by atoms with E-state index in [1.54, 1.807) is 11.3 Å². The van der Waals surface area contributed by atoms with E-state index in [4.69, 9.17) is 0 Å². The van der Waals surface area contributed by atoms with Gasteiger partial charge in [0.1, 0.15) is 0 Å². The van der Waals surface area contributed by atoms with Gasteiger partial charge in [-0.25, -0.2) is 0 Å². The fourth-order valence-corrected chi connectivity index (χ4v) is 3.34. The Kier molecular flexibility index (Phi) is 4.94. The minimum atomic E-state index is -4.33. The van der Waals surface area contributed by atoms with Crippen molar-refractivity contribution in [2.24, 2.45) is 0 Å². The van der Waals surface area contributed by atoms with Crippen LogP contribution >= 0.6 is 11.3 Å². The number of aryl methyl sites for hydroxylation is 1. The van der Waals surface area contributed by atoms with Gasteiger partial charge in [-0.3, -0.25) is 4.79 Å². The topological polar surface area (TPSA) is 20.3 Å². The Balaban J connectivity index is 1.62. The third-order valence-corrected chi connectivity index (χ3v) is 5.04. The molecule has 0 radical (unpaired) electrons. The fourth-order valence-electron chi connectivity index (χ4n) is 2.63. The van der Waals surface area contributed by atoms with Crippen molar-refractivity contribution in [3.05, 3.63) is 57.8 Å². The van der Waals surface area contributed by atoms with E-state index >= 15 is 0 Å². The lowest BCUT2D eigenvalue weighted by atomic mass is 10.1. The number of hydrogen-bond donors (Lipinski definition) is 0. The third-order valence-electron chi connectivity index (χ3n) is 4.11. The molecule has 1 aromatic heterocycles. The molecular weight excluding hydrogens is 335 g/mol. The zero-order valence-corrected chi connectivity index (χ0v) is 13.9. The van der Waals surface area contributed by atoms with E-state index in [1.807, 2.05) is 22.4 Å². The Morgan fingerprint density at radius 3 is 2.42 bits per heavy atom. The number of carbonyl (C=O) groups excluding carboxylic acids is 1. The lowest BCUT2D eigenvalue weighted by molar-refractivity contribution is -0.137. The summed E-state index contributed by atoms with van der Waals surface area (Å²) < 4.78 is 37.9. The standard InChI is InChI=1S/C18H18F3NOS/c19-18(20,21)14-5-3-13(4-6-14)12-22(15-7-8-15)17(23)10-9-16-2-1-11-24-16/h1-6,11,15H,7-10,12H2. The van der Waals surface area contributed by atoms with Gasteiger partial charge in [0, 0.05) is 23.9 Å². The van der Waals surface area contributed by atoms with E-state index in [0.29, 0.717) is 19.4 Å². The highest BCUT2D eigenvalue weighted by Gasteiger charge is 2.33. The molecule has 24 heavy (non-hydrogen) atoms. The molecule has 1 amide bonds. The first-order valence-electron chi connectivity index (χ1n) is 7.91. The summed E-state index contributed by atoms with van der Waals surface area (Å²) in [6, 6.07) is 9.30. The number of carbonyl (C=O) groups is 1. The number of halogens is 3. The van der Waals surface area contributed by atoms with Crippen molar-refractivity contribution in [2.45, 2.75) is 44.4 Å². The molecule has 128 valence electrons. The van der Waals surface area contributed by atoms with E-state index in [-0.39, 0.29) is 11.9 Å². The molecular formula is C18H18F3NOS. The maximum Gasteiger partial charge on any atom is 0.416 e. The molecule has 2 aromatic rings. The summed E-state index contributed by atoms with van der Waals surface area (Å²) in [4.78, 5) is 15.5. The molecule has 0 N–H and O–H groups in total. The van der Waals surface area contributed by atoms with E-state index < -0.39 is 11.7 Å². The van der Waals surface area contributed by atoms with Crippen LogP contribution in [0, 0.1) is 0 Å². The SMILES string of the molecule is O=C(CCc1cccs1)N(Cc1ccc(C(F)(F)F)cc1)C1CC1. The Labute approximate surface area is 142 Å². The van der Waals surface area contributed by atoms with Gasteiger partial charge in [0.15, 0.2) is 0 Å². The van der Waals surface area contributed by atoms with Crippen LogP contribution in [-0.2, 0) is 23.9 Å². The lowest BCUT2D eigenvalue weighted by Crippen LogP contribution is -2.32. The zero-order valence-electron chi connectivity index (χ0n) is 13.1. The van der Waals surface area contributed by atoms with Crippen molar-refractivity contribution in [2.75, 3.05) is 0 Å². The Morgan fingerprint density at radius 1 is 1.17 bits per heavy atom. The van der Waals surface area contributed by atoms with Crippen molar-refractivity contribution < 1.29 is 18.0 Å². The average Bonchev–Trinajstić information content (AvgIpc) is 3.25.